The van der Waals surface area contributed by atoms with Gasteiger partial charge < -0.3 is 9.73 Å². The third kappa shape index (κ3) is 2.39. The van der Waals surface area contributed by atoms with Gasteiger partial charge in [0, 0.05) is 11.9 Å². The zero-order valence-corrected chi connectivity index (χ0v) is 11.8. The molecule has 3 nitrogen and oxygen atoms in total. The summed E-state index contributed by atoms with van der Waals surface area (Å²) >= 11 is 0. The molecule has 0 saturated carbocycles. The van der Waals surface area contributed by atoms with E-state index < -0.39 is 0 Å². The average Bonchev–Trinajstić information content (AvgIpc) is 2.91. The molecule has 2 aromatic heterocycles. The molecule has 0 fully saturated rings. The number of aromatic nitrogens is 1. The van der Waals surface area contributed by atoms with Crippen LogP contribution in [0.25, 0.3) is 22.4 Å². The highest BCUT2D eigenvalue weighted by molar-refractivity contribution is 5.84. The van der Waals surface area contributed by atoms with E-state index in [0.29, 0.717) is 0 Å². The Labute approximate surface area is 118 Å². The van der Waals surface area contributed by atoms with Crippen LogP contribution in [0.4, 0.5) is 5.82 Å². The Balaban J connectivity index is 2.00. The Kier molecular flexibility index (Phi) is 3.42. The van der Waals surface area contributed by atoms with Crippen molar-refractivity contribution in [3.63, 3.8) is 0 Å². The summed E-state index contributed by atoms with van der Waals surface area (Å²) in [5.74, 6) is 1.70. The van der Waals surface area contributed by atoms with E-state index in [2.05, 4.69) is 36.3 Å². The number of fused-ring (bicyclic) bond motifs is 1. The van der Waals surface area contributed by atoms with Crippen LogP contribution in [0.15, 0.2) is 46.9 Å². The molecule has 1 N–H and O–H groups in total. The predicted molar refractivity (Wildman–Crippen MR) is 83.0 cm³/mol. The number of benzene rings is 1. The second-order valence-corrected chi connectivity index (χ2v) is 4.94. The van der Waals surface area contributed by atoms with Gasteiger partial charge >= 0.3 is 0 Å². The minimum absolute atomic E-state index is 0.814. The van der Waals surface area contributed by atoms with E-state index >= 15 is 0 Å². The molecule has 3 aromatic rings. The topological polar surface area (TPSA) is 38.1 Å². The minimum Gasteiger partial charge on any atom is -0.454 e. The van der Waals surface area contributed by atoms with Crippen molar-refractivity contribution < 1.29 is 4.42 Å². The van der Waals surface area contributed by atoms with Crippen LogP contribution in [0.3, 0.4) is 0 Å². The molecule has 0 bridgehead atoms. The molecule has 0 aliphatic carbocycles. The molecule has 0 spiro atoms. The average molecular weight is 266 g/mol. The van der Waals surface area contributed by atoms with E-state index in [4.69, 9.17) is 4.42 Å². The van der Waals surface area contributed by atoms with Crippen LogP contribution in [-0.4, -0.2) is 11.5 Å². The standard InChI is InChI=1S/C17H18N2O/c1-3-10-18-16-9-5-8-14(19-16)15-11-13-7-4-6-12(2)17(13)20-15/h4-9,11H,3,10H2,1-2H3,(H,18,19). The lowest BCUT2D eigenvalue weighted by Gasteiger charge is -2.04. The van der Waals surface area contributed by atoms with Crippen molar-refractivity contribution in [1.82, 2.24) is 4.98 Å². The Morgan fingerprint density at radius 3 is 2.80 bits per heavy atom. The van der Waals surface area contributed by atoms with Gasteiger partial charge in [-0.05, 0) is 37.1 Å². The summed E-state index contributed by atoms with van der Waals surface area (Å²) in [4.78, 5) is 4.60. The fraction of sp³-hybridized carbons (Fsp3) is 0.235. The van der Waals surface area contributed by atoms with Gasteiger partial charge in [-0.2, -0.15) is 0 Å². The summed E-state index contributed by atoms with van der Waals surface area (Å²) in [6.07, 6.45) is 1.08. The lowest BCUT2D eigenvalue weighted by Crippen LogP contribution is -2.01. The van der Waals surface area contributed by atoms with Crippen LogP contribution < -0.4 is 5.32 Å². The molecular weight excluding hydrogens is 248 g/mol. The summed E-state index contributed by atoms with van der Waals surface area (Å²) < 4.78 is 5.95. The molecule has 1 aromatic carbocycles. The third-order valence-electron chi connectivity index (χ3n) is 3.30. The molecule has 2 heterocycles. The van der Waals surface area contributed by atoms with Gasteiger partial charge in [0.25, 0.3) is 0 Å². The zero-order valence-electron chi connectivity index (χ0n) is 11.8. The maximum absolute atomic E-state index is 5.95. The van der Waals surface area contributed by atoms with E-state index in [0.717, 1.165) is 46.8 Å². The molecule has 0 saturated heterocycles. The predicted octanol–water partition coefficient (Wildman–Crippen LogP) is 4.63. The number of anilines is 1. The summed E-state index contributed by atoms with van der Waals surface area (Å²) in [5.41, 5.74) is 2.95. The summed E-state index contributed by atoms with van der Waals surface area (Å²) in [6, 6.07) is 14.2. The molecule has 0 atom stereocenters. The van der Waals surface area contributed by atoms with Crippen molar-refractivity contribution >= 4 is 16.8 Å². The molecule has 0 radical (unpaired) electrons. The summed E-state index contributed by atoms with van der Waals surface area (Å²) in [7, 11) is 0. The van der Waals surface area contributed by atoms with E-state index in [1.54, 1.807) is 0 Å². The van der Waals surface area contributed by atoms with Gasteiger partial charge in [-0.1, -0.05) is 31.2 Å². The lowest BCUT2D eigenvalue weighted by atomic mass is 10.2. The zero-order chi connectivity index (χ0) is 13.9. The number of rotatable bonds is 4. The first-order chi connectivity index (χ1) is 9.78. The molecule has 3 heteroatoms. The maximum atomic E-state index is 5.95. The first-order valence-corrected chi connectivity index (χ1v) is 6.98. The van der Waals surface area contributed by atoms with Crippen LogP contribution in [-0.2, 0) is 0 Å². The largest absolute Gasteiger partial charge is 0.454 e. The van der Waals surface area contributed by atoms with E-state index in [1.165, 1.54) is 0 Å². The lowest BCUT2D eigenvalue weighted by molar-refractivity contribution is 0.626. The van der Waals surface area contributed by atoms with E-state index in [9.17, 15) is 0 Å². The van der Waals surface area contributed by atoms with Crippen LogP contribution in [0, 0.1) is 6.92 Å². The first kappa shape index (κ1) is 12.7. The van der Waals surface area contributed by atoms with Crippen molar-refractivity contribution in [2.24, 2.45) is 0 Å². The van der Waals surface area contributed by atoms with Crippen molar-refractivity contribution in [2.75, 3.05) is 11.9 Å². The van der Waals surface area contributed by atoms with E-state index in [1.807, 2.05) is 30.3 Å². The van der Waals surface area contributed by atoms with Crippen LogP contribution in [0.2, 0.25) is 0 Å². The molecule has 102 valence electrons. The summed E-state index contributed by atoms with van der Waals surface area (Å²) in [5, 5.41) is 4.42. The number of hydrogen-bond acceptors (Lipinski definition) is 3. The van der Waals surface area contributed by atoms with Crippen molar-refractivity contribution in [2.45, 2.75) is 20.3 Å². The number of aryl methyl sites for hydroxylation is 1. The number of nitrogens with one attached hydrogen (secondary N) is 1. The number of pyridine rings is 1. The fourth-order valence-electron chi connectivity index (χ4n) is 2.26. The van der Waals surface area contributed by atoms with Crippen LogP contribution >= 0.6 is 0 Å². The van der Waals surface area contributed by atoms with Crippen LogP contribution in [0.1, 0.15) is 18.9 Å². The maximum Gasteiger partial charge on any atom is 0.153 e. The second-order valence-electron chi connectivity index (χ2n) is 4.94. The van der Waals surface area contributed by atoms with Gasteiger partial charge in [-0.3, -0.25) is 0 Å². The van der Waals surface area contributed by atoms with Crippen molar-refractivity contribution in [3.8, 4) is 11.5 Å². The van der Waals surface area contributed by atoms with E-state index in [-0.39, 0.29) is 0 Å². The minimum atomic E-state index is 0.814. The normalized spacial score (nSPS) is 10.9. The van der Waals surface area contributed by atoms with Crippen molar-refractivity contribution in [3.05, 3.63) is 48.0 Å². The molecule has 3 rings (SSSR count). The molecule has 0 aliphatic heterocycles. The SMILES string of the molecule is CCCNc1cccc(-c2cc3cccc(C)c3o2)n1. The fourth-order valence-corrected chi connectivity index (χ4v) is 2.26. The Bertz CT molecular complexity index is 731. The summed E-state index contributed by atoms with van der Waals surface area (Å²) in [6.45, 7) is 5.12. The Morgan fingerprint density at radius 1 is 1.15 bits per heavy atom. The second kappa shape index (κ2) is 5.37. The van der Waals surface area contributed by atoms with Gasteiger partial charge in [-0.25, -0.2) is 4.98 Å². The molecule has 0 amide bonds. The molecule has 0 aliphatic rings. The van der Waals surface area contributed by atoms with Gasteiger partial charge in [0.15, 0.2) is 5.76 Å². The number of furan rings is 1. The molecular formula is C17H18N2O. The highest BCUT2D eigenvalue weighted by Crippen LogP contribution is 2.29. The van der Waals surface area contributed by atoms with Gasteiger partial charge in [0.05, 0.1) is 0 Å². The third-order valence-corrected chi connectivity index (χ3v) is 3.30. The number of hydrogen-bond donors (Lipinski definition) is 1. The van der Waals surface area contributed by atoms with Gasteiger partial charge in [-0.15, -0.1) is 0 Å². The number of para-hydroxylation sites is 1. The van der Waals surface area contributed by atoms with Gasteiger partial charge in [0.2, 0.25) is 0 Å². The monoisotopic (exact) mass is 266 g/mol. The van der Waals surface area contributed by atoms with Gasteiger partial charge in [0.1, 0.15) is 17.1 Å². The van der Waals surface area contributed by atoms with Crippen molar-refractivity contribution in [1.29, 1.82) is 0 Å². The Hall–Kier alpha value is -2.29. The van der Waals surface area contributed by atoms with Crippen LogP contribution in [0.5, 0.6) is 0 Å². The smallest absolute Gasteiger partial charge is 0.153 e. The highest BCUT2D eigenvalue weighted by atomic mass is 16.3. The first-order valence-electron chi connectivity index (χ1n) is 6.98. The molecule has 0 unspecified atom stereocenters. The number of nitrogens with zero attached hydrogens (tertiary/aromatic N) is 1. The Morgan fingerprint density at radius 2 is 2.00 bits per heavy atom. The highest BCUT2D eigenvalue weighted by Gasteiger charge is 2.09. The quantitative estimate of drug-likeness (QED) is 0.748. The molecule has 20 heavy (non-hydrogen) atoms.